The number of sulfone groups is 1. The first-order valence-electron chi connectivity index (χ1n) is 9.85. The molecule has 1 N–H and O–H groups in total. The molecule has 5 nitrogen and oxygen atoms in total. The summed E-state index contributed by atoms with van der Waals surface area (Å²) in [5.74, 6) is -0.289. The summed E-state index contributed by atoms with van der Waals surface area (Å²) in [7, 11) is -3.55. The monoisotopic (exact) mass is 440 g/mol. The van der Waals surface area contributed by atoms with Gasteiger partial charge in [-0.3, -0.25) is 4.98 Å². The average molecular weight is 440 g/mol. The van der Waals surface area contributed by atoms with Gasteiger partial charge in [-0.2, -0.15) is 13.2 Å². The molecule has 0 spiro atoms. The quantitative estimate of drug-likeness (QED) is 0.777. The smallest absolute Gasteiger partial charge is 0.378 e. The zero-order valence-electron chi connectivity index (χ0n) is 16.5. The van der Waals surface area contributed by atoms with Gasteiger partial charge < -0.3 is 10.0 Å². The molecular weight excluding hydrogens is 417 g/mol. The minimum absolute atomic E-state index is 0.222. The van der Waals surface area contributed by atoms with Crippen molar-refractivity contribution in [1.29, 1.82) is 0 Å². The SMILES string of the molecule is CN1CCC(C2(O)c3cc(S(=O)(=O)C(F)(F)F)ccc3CCc3cccnc32)CC1. The van der Waals surface area contributed by atoms with E-state index in [9.17, 15) is 26.7 Å². The molecule has 1 saturated heterocycles. The Kier molecular flexibility index (Phi) is 5.19. The molecule has 0 amide bonds. The van der Waals surface area contributed by atoms with Crippen molar-refractivity contribution in [3.8, 4) is 0 Å². The number of piperidine rings is 1. The van der Waals surface area contributed by atoms with Crippen LogP contribution >= 0.6 is 0 Å². The molecule has 1 aliphatic carbocycles. The van der Waals surface area contributed by atoms with Crippen molar-refractivity contribution in [2.45, 2.75) is 41.7 Å². The van der Waals surface area contributed by atoms with Crippen LogP contribution in [0.2, 0.25) is 0 Å². The lowest BCUT2D eigenvalue weighted by atomic mass is 9.72. The van der Waals surface area contributed by atoms with Gasteiger partial charge in [0.2, 0.25) is 0 Å². The van der Waals surface area contributed by atoms with E-state index in [0.717, 1.165) is 30.8 Å². The number of likely N-dealkylation sites (tertiary alicyclic amines) is 1. The summed E-state index contributed by atoms with van der Waals surface area (Å²) in [5.41, 5.74) is -4.94. The number of fused-ring (bicyclic) bond motifs is 2. The third-order valence-electron chi connectivity index (χ3n) is 6.33. The predicted molar refractivity (Wildman–Crippen MR) is 105 cm³/mol. The van der Waals surface area contributed by atoms with Gasteiger partial charge in [-0.05, 0) is 80.7 Å². The van der Waals surface area contributed by atoms with Crippen LogP contribution in [0, 0.1) is 5.92 Å². The Balaban J connectivity index is 1.94. The lowest BCUT2D eigenvalue weighted by Gasteiger charge is -2.41. The Labute approximate surface area is 173 Å². The minimum Gasteiger partial charge on any atom is -0.378 e. The van der Waals surface area contributed by atoms with E-state index in [1.54, 1.807) is 12.3 Å². The summed E-state index contributed by atoms with van der Waals surface area (Å²) < 4.78 is 63.7. The number of rotatable bonds is 2. The van der Waals surface area contributed by atoms with Crippen molar-refractivity contribution >= 4 is 9.84 Å². The van der Waals surface area contributed by atoms with E-state index >= 15 is 0 Å². The van der Waals surface area contributed by atoms with Crippen molar-refractivity contribution in [3.63, 3.8) is 0 Å². The maximum atomic E-state index is 13.2. The maximum absolute atomic E-state index is 13.2. The Morgan fingerprint density at radius 1 is 1.13 bits per heavy atom. The zero-order valence-corrected chi connectivity index (χ0v) is 17.3. The number of alkyl halides is 3. The lowest BCUT2D eigenvalue weighted by molar-refractivity contribution is -0.0437. The number of aliphatic hydroxyl groups is 1. The molecule has 1 aliphatic heterocycles. The maximum Gasteiger partial charge on any atom is 0.501 e. The molecule has 2 heterocycles. The topological polar surface area (TPSA) is 70.5 Å². The zero-order chi connectivity index (χ0) is 21.7. The van der Waals surface area contributed by atoms with Crippen LogP contribution in [0.5, 0.6) is 0 Å². The molecule has 1 atom stereocenters. The van der Waals surface area contributed by atoms with E-state index in [1.165, 1.54) is 6.07 Å². The summed E-state index contributed by atoms with van der Waals surface area (Å²) in [6.07, 6.45) is 3.85. The fraction of sp³-hybridized carbons (Fsp3) is 0.476. The molecule has 30 heavy (non-hydrogen) atoms. The van der Waals surface area contributed by atoms with E-state index in [-0.39, 0.29) is 11.5 Å². The molecule has 0 bridgehead atoms. The highest BCUT2D eigenvalue weighted by molar-refractivity contribution is 7.92. The van der Waals surface area contributed by atoms with Gasteiger partial charge in [-0.15, -0.1) is 0 Å². The van der Waals surface area contributed by atoms with Crippen LogP contribution in [-0.4, -0.2) is 49.1 Å². The normalized spacial score (nSPS) is 23.5. The molecule has 2 aromatic rings. The van der Waals surface area contributed by atoms with E-state index in [2.05, 4.69) is 9.88 Å². The minimum atomic E-state index is -5.53. The molecule has 9 heteroatoms. The van der Waals surface area contributed by atoms with E-state index in [4.69, 9.17) is 0 Å². The highest BCUT2D eigenvalue weighted by atomic mass is 32.2. The Bertz CT molecular complexity index is 1060. The van der Waals surface area contributed by atoms with Crippen LogP contribution in [-0.2, 0) is 28.3 Å². The van der Waals surface area contributed by atoms with Gasteiger partial charge in [0, 0.05) is 12.1 Å². The van der Waals surface area contributed by atoms with Gasteiger partial charge in [0.25, 0.3) is 9.84 Å². The van der Waals surface area contributed by atoms with Gasteiger partial charge in [-0.25, -0.2) is 8.42 Å². The number of aromatic nitrogens is 1. The number of aryl methyl sites for hydroxylation is 2. The molecule has 1 fully saturated rings. The first-order valence-corrected chi connectivity index (χ1v) is 11.3. The Morgan fingerprint density at radius 2 is 1.80 bits per heavy atom. The molecule has 0 saturated carbocycles. The Morgan fingerprint density at radius 3 is 2.47 bits per heavy atom. The second-order valence-electron chi connectivity index (χ2n) is 8.12. The molecular formula is C21H23F3N2O3S. The third-order valence-corrected chi connectivity index (χ3v) is 7.82. The highest BCUT2D eigenvalue weighted by Crippen LogP contribution is 2.46. The van der Waals surface area contributed by atoms with E-state index in [1.807, 2.05) is 13.1 Å². The first kappa shape index (κ1) is 21.3. The number of pyridine rings is 1. The first-order chi connectivity index (χ1) is 14.0. The van der Waals surface area contributed by atoms with Gasteiger partial charge >= 0.3 is 5.51 Å². The largest absolute Gasteiger partial charge is 0.501 e. The predicted octanol–water partition coefficient (Wildman–Crippen LogP) is 3.05. The van der Waals surface area contributed by atoms with Crippen LogP contribution in [0.25, 0.3) is 0 Å². The van der Waals surface area contributed by atoms with E-state index in [0.29, 0.717) is 36.9 Å². The second kappa shape index (κ2) is 7.32. The molecule has 162 valence electrons. The number of hydrogen-bond donors (Lipinski definition) is 1. The number of halogens is 3. The summed E-state index contributed by atoms with van der Waals surface area (Å²) in [4.78, 5) is 5.71. The second-order valence-corrected chi connectivity index (χ2v) is 10.1. The number of nitrogens with zero attached hydrogens (tertiary/aromatic N) is 2. The van der Waals surface area contributed by atoms with Gasteiger partial charge in [0.05, 0.1) is 10.6 Å². The van der Waals surface area contributed by atoms with Crippen LogP contribution in [0.4, 0.5) is 13.2 Å². The van der Waals surface area contributed by atoms with Crippen molar-refractivity contribution in [2.75, 3.05) is 20.1 Å². The molecule has 4 rings (SSSR count). The standard InChI is InChI=1S/C21H23F3N2O3S/c1-26-11-8-16(9-12-26)20(27)18-13-17(30(28,29)21(22,23)24)7-6-14(18)4-5-15-3-2-10-25-19(15)20/h2-3,6-7,10,13,16,27H,4-5,8-9,11-12H2,1H3. The van der Waals surface area contributed by atoms with Crippen molar-refractivity contribution in [1.82, 2.24) is 9.88 Å². The number of hydrogen-bond acceptors (Lipinski definition) is 5. The van der Waals surface area contributed by atoms with Crippen molar-refractivity contribution < 1.29 is 26.7 Å². The summed E-state index contributed by atoms with van der Waals surface area (Å²) in [6, 6.07) is 7.03. The van der Waals surface area contributed by atoms with Gasteiger partial charge in [0.1, 0.15) is 5.60 Å². The molecule has 2 aliphatic rings. The number of benzene rings is 1. The van der Waals surface area contributed by atoms with Crippen LogP contribution in [0.3, 0.4) is 0 Å². The van der Waals surface area contributed by atoms with Crippen LogP contribution < -0.4 is 0 Å². The molecule has 1 aromatic heterocycles. The third kappa shape index (κ3) is 3.33. The fourth-order valence-electron chi connectivity index (χ4n) is 4.65. The van der Waals surface area contributed by atoms with Gasteiger partial charge in [-0.1, -0.05) is 12.1 Å². The fourth-order valence-corrected chi connectivity index (χ4v) is 5.44. The molecule has 1 aromatic carbocycles. The Hall–Kier alpha value is -1.97. The highest BCUT2D eigenvalue weighted by Gasteiger charge is 2.50. The van der Waals surface area contributed by atoms with Gasteiger partial charge in [0.15, 0.2) is 0 Å². The lowest BCUT2D eigenvalue weighted by Crippen LogP contribution is -2.44. The summed E-state index contributed by atoms with van der Waals surface area (Å²) in [5, 5.41) is 12.1. The van der Waals surface area contributed by atoms with Crippen LogP contribution in [0.1, 0.15) is 35.2 Å². The van der Waals surface area contributed by atoms with Crippen LogP contribution in [0.15, 0.2) is 41.4 Å². The summed E-state index contributed by atoms with van der Waals surface area (Å²) in [6.45, 7) is 1.45. The van der Waals surface area contributed by atoms with E-state index < -0.39 is 25.8 Å². The van der Waals surface area contributed by atoms with Crippen molar-refractivity contribution in [3.05, 3.63) is 58.9 Å². The average Bonchev–Trinajstić information content (AvgIpc) is 2.83. The molecule has 0 radical (unpaired) electrons. The molecule has 1 unspecified atom stereocenters. The van der Waals surface area contributed by atoms with Crippen molar-refractivity contribution in [2.24, 2.45) is 5.92 Å². The summed E-state index contributed by atoms with van der Waals surface area (Å²) >= 11 is 0.